The maximum absolute atomic E-state index is 3.51. The summed E-state index contributed by atoms with van der Waals surface area (Å²) in [5, 5.41) is 3.51. The van der Waals surface area contributed by atoms with Gasteiger partial charge in [-0.2, -0.15) is 0 Å². The van der Waals surface area contributed by atoms with Crippen molar-refractivity contribution in [2.75, 3.05) is 12.8 Å². The van der Waals surface area contributed by atoms with E-state index in [0.717, 1.165) is 0 Å². The smallest absolute Gasteiger partial charge is 0.0190 e. The normalized spacial score (nSPS) is 21.9. The molecule has 16 heavy (non-hydrogen) atoms. The van der Waals surface area contributed by atoms with Crippen LogP contribution in [0.3, 0.4) is 0 Å². The molecule has 0 bridgehead atoms. The quantitative estimate of drug-likeness (QED) is 0.842. The lowest BCUT2D eigenvalue weighted by molar-refractivity contribution is 0.253. The van der Waals surface area contributed by atoms with E-state index in [1.165, 1.54) is 16.2 Å². The van der Waals surface area contributed by atoms with Crippen molar-refractivity contribution >= 4 is 11.8 Å². The molecule has 0 saturated carbocycles. The Balaban J connectivity index is 2.30. The summed E-state index contributed by atoms with van der Waals surface area (Å²) in [5.74, 6) is 1.86. The molecule has 2 atom stereocenters. The summed E-state index contributed by atoms with van der Waals surface area (Å²) in [5.41, 5.74) is 1.83. The number of hydrogen-bond acceptors (Lipinski definition) is 2. The summed E-state index contributed by atoms with van der Waals surface area (Å²) in [6.45, 7) is 6.96. The number of nitrogens with one attached hydrogen (secondary N) is 1. The molecule has 1 aliphatic rings. The zero-order valence-corrected chi connectivity index (χ0v) is 11.4. The Morgan fingerprint density at radius 3 is 2.62 bits per heavy atom. The third kappa shape index (κ3) is 2.14. The van der Waals surface area contributed by atoms with Crippen LogP contribution in [0.1, 0.15) is 32.3 Å². The van der Waals surface area contributed by atoms with Crippen LogP contribution in [0.5, 0.6) is 0 Å². The van der Waals surface area contributed by atoms with Gasteiger partial charge in [-0.1, -0.05) is 39.0 Å². The van der Waals surface area contributed by atoms with E-state index < -0.39 is 0 Å². The zero-order chi connectivity index (χ0) is 11.8. The van der Waals surface area contributed by atoms with Crippen molar-refractivity contribution in [2.24, 2.45) is 5.41 Å². The molecule has 2 unspecified atom stereocenters. The molecule has 2 rings (SSSR count). The molecule has 0 saturated heterocycles. The summed E-state index contributed by atoms with van der Waals surface area (Å²) >= 11 is 2.00. The third-order valence-electron chi connectivity index (χ3n) is 3.38. The minimum atomic E-state index is 0.303. The summed E-state index contributed by atoms with van der Waals surface area (Å²) in [7, 11) is 2.08. The van der Waals surface area contributed by atoms with E-state index in [1.54, 1.807) is 0 Å². The predicted molar refractivity (Wildman–Crippen MR) is 72.2 cm³/mol. The van der Waals surface area contributed by atoms with Gasteiger partial charge in [-0.25, -0.2) is 0 Å². The SMILES string of the molecule is CNC(C1CSc2ccccc21)C(C)(C)C. The van der Waals surface area contributed by atoms with Gasteiger partial charge in [-0.3, -0.25) is 0 Å². The Kier molecular flexibility index (Phi) is 3.32. The molecule has 0 spiro atoms. The first-order valence-corrected chi connectivity index (χ1v) is 6.91. The molecule has 1 heterocycles. The lowest BCUT2D eigenvalue weighted by Crippen LogP contribution is -2.43. The molecule has 0 aliphatic carbocycles. The molecule has 88 valence electrons. The van der Waals surface area contributed by atoms with Crippen molar-refractivity contribution in [2.45, 2.75) is 37.6 Å². The second kappa shape index (κ2) is 4.42. The van der Waals surface area contributed by atoms with Gasteiger partial charge in [0, 0.05) is 22.6 Å². The van der Waals surface area contributed by atoms with E-state index >= 15 is 0 Å². The van der Waals surface area contributed by atoms with E-state index in [0.29, 0.717) is 17.4 Å². The monoisotopic (exact) mass is 235 g/mol. The molecular weight excluding hydrogens is 214 g/mol. The minimum Gasteiger partial charge on any atom is -0.316 e. The maximum Gasteiger partial charge on any atom is 0.0190 e. The van der Waals surface area contributed by atoms with Crippen LogP contribution in [-0.4, -0.2) is 18.8 Å². The summed E-state index contributed by atoms with van der Waals surface area (Å²) in [4.78, 5) is 1.47. The van der Waals surface area contributed by atoms with Gasteiger partial charge >= 0.3 is 0 Å². The lowest BCUT2D eigenvalue weighted by atomic mass is 9.77. The Morgan fingerprint density at radius 2 is 2.00 bits per heavy atom. The van der Waals surface area contributed by atoms with Crippen LogP contribution in [0.25, 0.3) is 0 Å². The molecule has 1 aliphatic heterocycles. The van der Waals surface area contributed by atoms with Gasteiger partial charge in [0.25, 0.3) is 0 Å². The number of benzene rings is 1. The van der Waals surface area contributed by atoms with Crippen LogP contribution < -0.4 is 5.32 Å². The van der Waals surface area contributed by atoms with Crippen LogP contribution in [0.15, 0.2) is 29.2 Å². The van der Waals surface area contributed by atoms with Crippen LogP contribution >= 0.6 is 11.8 Å². The highest BCUT2D eigenvalue weighted by atomic mass is 32.2. The molecule has 0 radical (unpaired) electrons. The third-order valence-corrected chi connectivity index (χ3v) is 4.59. The van der Waals surface area contributed by atoms with E-state index in [2.05, 4.69) is 57.4 Å². The molecule has 1 aromatic rings. The number of hydrogen-bond donors (Lipinski definition) is 1. The molecule has 0 aromatic heterocycles. The number of thioether (sulfide) groups is 1. The van der Waals surface area contributed by atoms with E-state index in [-0.39, 0.29) is 0 Å². The Labute approximate surface area is 103 Å². The highest BCUT2D eigenvalue weighted by molar-refractivity contribution is 7.99. The lowest BCUT2D eigenvalue weighted by Gasteiger charge is -2.35. The van der Waals surface area contributed by atoms with Crippen LogP contribution in [0.4, 0.5) is 0 Å². The van der Waals surface area contributed by atoms with Crippen LogP contribution in [0.2, 0.25) is 0 Å². The molecule has 0 fully saturated rings. The van der Waals surface area contributed by atoms with Crippen molar-refractivity contribution in [3.63, 3.8) is 0 Å². The number of likely N-dealkylation sites (N-methyl/N-ethyl adjacent to an activating group) is 1. The highest BCUT2D eigenvalue weighted by Crippen LogP contribution is 2.44. The fraction of sp³-hybridized carbons (Fsp3) is 0.571. The summed E-state index contributed by atoms with van der Waals surface area (Å²) in [6.07, 6.45) is 0. The number of rotatable bonds is 2. The molecular formula is C14H21NS. The first kappa shape index (κ1) is 12.0. The van der Waals surface area contributed by atoms with Crippen LogP contribution in [-0.2, 0) is 0 Å². The van der Waals surface area contributed by atoms with Gasteiger partial charge in [0.15, 0.2) is 0 Å². The molecule has 1 aromatic carbocycles. The average molecular weight is 235 g/mol. The summed E-state index contributed by atoms with van der Waals surface area (Å²) in [6, 6.07) is 9.38. The van der Waals surface area contributed by atoms with Crippen LogP contribution in [0, 0.1) is 5.41 Å². The van der Waals surface area contributed by atoms with Crippen molar-refractivity contribution in [1.29, 1.82) is 0 Å². The van der Waals surface area contributed by atoms with Crippen molar-refractivity contribution in [1.82, 2.24) is 5.32 Å². The second-order valence-electron chi connectivity index (χ2n) is 5.59. The number of fused-ring (bicyclic) bond motifs is 1. The Hall–Kier alpha value is -0.470. The van der Waals surface area contributed by atoms with Gasteiger partial charge in [-0.15, -0.1) is 11.8 Å². The van der Waals surface area contributed by atoms with E-state index in [4.69, 9.17) is 0 Å². The fourth-order valence-corrected chi connectivity index (χ4v) is 3.99. The maximum atomic E-state index is 3.51. The minimum absolute atomic E-state index is 0.303. The van der Waals surface area contributed by atoms with Gasteiger partial charge in [0.2, 0.25) is 0 Å². The van der Waals surface area contributed by atoms with Gasteiger partial charge in [0.05, 0.1) is 0 Å². The molecule has 2 heteroatoms. The predicted octanol–water partition coefficient (Wildman–Crippen LogP) is 3.51. The fourth-order valence-electron chi connectivity index (χ4n) is 2.70. The van der Waals surface area contributed by atoms with Gasteiger partial charge < -0.3 is 5.32 Å². The van der Waals surface area contributed by atoms with Gasteiger partial charge in [-0.05, 0) is 24.1 Å². The Morgan fingerprint density at radius 1 is 1.31 bits per heavy atom. The van der Waals surface area contributed by atoms with Gasteiger partial charge in [0.1, 0.15) is 0 Å². The standard InChI is InChI=1S/C14H21NS/c1-14(2,3)13(15-4)11-9-16-12-8-6-5-7-10(11)12/h5-8,11,13,15H,9H2,1-4H3. The zero-order valence-electron chi connectivity index (χ0n) is 10.6. The van der Waals surface area contributed by atoms with Crippen molar-refractivity contribution in [3.8, 4) is 0 Å². The second-order valence-corrected chi connectivity index (χ2v) is 6.65. The van der Waals surface area contributed by atoms with E-state index in [9.17, 15) is 0 Å². The Bertz CT molecular complexity index is 367. The molecule has 1 N–H and O–H groups in total. The van der Waals surface area contributed by atoms with E-state index in [1.807, 2.05) is 11.8 Å². The summed E-state index contributed by atoms with van der Waals surface area (Å²) < 4.78 is 0. The first-order chi connectivity index (χ1) is 7.54. The average Bonchev–Trinajstić information content (AvgIpc) is 2.61. The molecule has 0 amide bonds. The van der Waals surface area contributed by atoms with Crippen molar-refractivity contribution in [3.05, 3.63) is 29.8 Å². The highest BCUT2D eigenvalue weighted by Gasteiger charge is 2.35. The topological polar surface area (TPSA) is 12.0 Å². The molecule has 1 nitrogen and oxygen atoms in total. The first-order valence-electron chi connectivity index (χ1n) is 5.93. The largest absolute Gasteiger partial charge is 0.316 e. The van der Waals surface area contributed by atoms with Crippen molar-refractivity contribution < 1.29 is 0 Å².